The Morgan fingerprint density at radius 1 is 1.11 bits per heavy atom. The van der Waals surface area contributed by atoms with Crippen molar-refractivity contribution in [3.63, 3.8) is 0 Å². The second-order valence-corrected chi connectivity index (χ2v) is 5.69. The molecule has 27 heavy (non-hydrogen) atoms. The number of benzene rings is 2. The fraction of sp³-hybridized carbons (Fsp3) is 0.0952. The molecule has 0 aliphatic carbocycles. The molecule has 0 fully saturated rings. The largest absolute Gasteiger partial charge is 0.508 e. The number of hydrogen-bond donors (Lipinski definition) is 1. The molecular weight excluding hydrogens is 348 g/mol. The van der Waals surface area contributed by atoms with E-state index in [2.05, 4.69) is 0 Å². The quantitative estimate of drug-likeness (QED) is 0.186. The molecule has 0 saturated carbocycles. The maximum absolute atomic E-state index is 12.9. The molecule has 6 heteroatoms. The van der Waals surface area contributed by atoms with E-state index in [-0.39, 0.29) is 29.1 Å². The molecule has 0 saturated heterocycles. The first-order valence-corrected chi connectivity index (χ1v) is 8.25. The summed E-state index contributed by atoms with van der Waals surface area (Å²) in [5.41, 5.74) is -0.705. The van der Waals surface area contributed by atoms with Gasteiger partial charge in [0.15, 0.2) is 0 Å². The molecule has 0 bridgehead atoms. The van der Waals surface area contributed by atoms with Crippen LogP contribution in [0.5, 0.6) is 5.75 Å². The summed E-state index contributed by atoms with van der Waals surface area (Å²) in [7, 11) is 0. The average Bonchev–Trinajstić information content (AvgIpc) is 2.66. The molecule has 136 valence electrons. The number of rotatable bonds is 5. The number of hydrogen-bond acceptors (Lipinski definition) is 6. The highest BCUT2D eigenvalue weighted by atomic mass is 16.5. The van der Waals surface area contributed by atoms with Crippen LogP contribution in [-0.4, -0.2) is 23.5 Å². The van der Waals surface area contributed by atoms with Crippen molar-refractivity contribution < 1.29 is 23.8 Å². The lowest BCUT2D eigenvalue weighted by molar-refractivity contribution is -0.137. The molecule has 0 unspecified atom stereocenters. The molecular formula is C21H16O6. The summed E-state index contributed by atoms with van der Waals surface area (Å²) in [4.78, 5) is 37.5. The average molecular weight is 364 g/mol. The van der Waals surface area contributed by atoms with Gasteiger partial charge in [-0.25, -0.2) is 9.59 Å². The van der Waals surface area contributed by atoms with Crippen molar-refractivity contribution in [1.29, 1.82) is 0 Å². The van der Waals surface area contributed by atoms with Crippen molar-refractivity contribution in [2.75, 3.05) is 6.61 Å². The first-order chi connectivity index (χ1) is 13.0. The van der Waals surface area contributed by atoms with Crippen molar-refractivity contribution in [2.24, 2.45) is 0 Å². The van der Waals surface area contributed by atoms with Crippen LogP contribution >= 0.6 is 0 Å². The summed E-state index contributed by atoms with van der Waals surface area (Å²) in [6, 6.07) is 14.3. The third-order valence-corrected chi connectivity index (χ3v) is 3.81. The van der Waals surface area contributed by atoms with Gasteiger partial charge in [-0.2, -0.15) is 0 Å². The van der Waals surface area contributed by atoms with Crippen molar-refractivity contribution in [2.45, 2.75) is 6.92 Å². The Morgan fingerprint density at radius 3 is 2.56 bits per heavy atom. The van der Waals surface area contributed by atoms with Crippen LogP contribution in [0, 0.1) is 0 Å². The van der Waals surface area contributed by atoms with Crippen LogP contribution in [0.25, 0.3) is 17.0 Å². The first kappa shape index (κ1) is 18.1. The predicted octanol–water partition coefficient (Wildman–Crippen LogP) is 3.33. The van der Waals surface area contributed by atoms with Crippen molar-refractivity contribution in [1.82, 2.24) is 0 Å². The van der Waals surface area contributed by atoms with Gasteiger partial charge in [0, 0.05) is 11.5 Å². The van der Waals surface area contributed by atoms with Gasteiger partial charge >= 0.3 is 11.6 Å². The minimum Gasteiger partial charge on any atom is -0.508 e. The lowest BCUT2D eigenvalue weighted by Gasteiger charge is -2.07. The number of esters is 1. The van der Waals surface area contributed by atoms with E-state index in [0.717, 1.165) is 0 Å². The Labute approximate surface area is 154 Å². The summed E-state index contributed by atoms with van der Waals surface area (Å²) < 4.78 is 10.1. The predicted molar refractivity (Wildman–Crippen MR) is 99.5 cm³/mol. The van der Waals surface area contributed by atoms with E-state index < -0.39 is 17.4 Å². The molecule has 1 N–H and O–H groups in total. The van der Waals surface area contributed by atoms with Crippen LogP contribution < -0.4 is 5.63 Å². The zero-order valence-electron chi connectivity index (χ0n) is 14.5. The number of aromatic hydroxyl groups is 1. The monoisotopic (exact) mass is 364 g/mol. The molecule has 0 aliphatic heterocycles. The Morgan fingerprint density at radius 2 is 1.85 bits per heavy atom. The SMILES string of the molecule is CCOC(=O)/C(=C\c1ccccc1)C(=O)c1cc2ccc(O)cc2oc1=O. The molecule has 1 aromatic heterocycles. The molecule has 0 aliphatic rings. The molecule has 3 aromatic rings. The Hall–Kier alpha value is -3.67. The number of ketones is 1. The van der Waals surface area contributed by atoms with Crippen LogP contribution in [0.4, 0.5) is 0 Å². The lowest BCUT2D eigenvalue weighted by Crippen LogP contribution is -2.21. The zero-order chi connectivity index (χ0) is 19.4. The van der Waals surface area contributed by atoms with E-state index in [4.69, 9.17) is 9.15 Å². The van der Waals surface area contributed by atoms with E-state index in [0.29, 0.717) is 10.9 Å². The molecule has 6 nitrogen and oxygen atoms in total. The summed E-state index contributed by atoms with van der Waals surface area (Å²) in [5.74, 6) is -1.68. The highest BCUT2D eigenvalue weighted by molar-refractivity contribution is 6.27. The Bertz CT molecular complexity index is 1090. The van der Waals surface area contributed by atoms with Crippen LogP contribution in [0.3, 0.4) is 0 Å². The number of Topliss-reactive ketones (excluding diaryl/α,β-unsaturated/α-hetero) is 1. The van der Waals surface area contributed by atoms with E-state index in [1.165, 1.54) is 30.3 Å². The van der Waals surface area contributed by atoms with Gasteiger partial charge in [-0.3, -0.25) is 4.79 Å². The highest BCUT2D eigenvalue weighted by Crippen LogP contribution is 2.21. The fourth-order valence-electron chi connectivity index (χ4n) is 2.55. The standard InChI is InChI=1S/C21H16O6/c1-2-26-20(24)16(10-13-6-4-3-5-7-13)19(23)17-11-14-8-9-15(22)12-18(14)27-21(17)25/h3-12,22H,2H2,1H3/b16-10-. The van der Waals surface area contributed by atoms with Gasteiger partial charge in [-0.15, -0.1) is 0 Å². The maximum atomic E-state index is 12.9. The maximum Gasteiger partial charge on any atom is 0.347 e. The zero-order valence-corrected chi connectivity index (χ0v) is 14.5. The molecule has 0 atom stereocenters. The van der Waals surface area contributed by atoms with Crippen LogP contribution in [0.2, 0.25) is 0 Å². The minimum absolute atomic E-state index is 0.0686. The van der Waals surface area contributed by atoms with E-state index in [1.807, 2.05) is 0 Å². The number of fused-ring (bicyclic) bond motifs is 1. The van der Waals surface area contributed by atoms with Gasteiger partial charge in [0.2, 0.25) is 5.78 Å². The number of ether oxygens (including phenoxy) is 1. The van der Waals surface area contributed by atoms with Crippen molar-refractivity contribution in [3.05, 3.63) is 81.7 Å². The smallest absolute Gasteiger partial charge is 0.347 e. The van der Waals surface area contributed by atoms with Gasteiger partial charge in [0.25, 0.3) is 0 Å². The number of phenolic OH excluding ortho intramolecular Hbond substituents is 1. The second-order valence-electron chi connectivity index (χ2n) is 5.69. The van der Waals surface area contributed by atoms with Crippen LogP contribution in [0.15, 0.2) is 69.4 Å². The third-order valence-electron chi connectivity index (χ3n) is 3.81. The van der Waals surface area contributed by atoms with Crippen molar-refractivity contribution >= 4 is 28.8 Å². The Kier molecular flexibility index (Phi) is 5.17. The second kappa shape index (κ2) is 7.70. The topological polar surface area (TPSA) is 93.8 Å². The third kappa shape index (κ3) is 3.95. The summed E-state index contributed by atoms with van der Waals surface area (Å²) in [6.07, 6.45) is 1.38. The summed E-state index contributed by atoms with van der Waals surface area (Å²) in [6.45, 7) is 1.71. The van der Waals surface area contributed by atoms with E-state index >= 15 is 0 Å². The Balaban J connectivity index is 2.11. The molecule has 0 spiro atoms. The lowest BCUT2D eigenvalue weighted by atomic mass is 10.0. The number of phenols is 1. The van der Waals surface area contributed by atoms with Crippen molar-refractivity contribution in [3.8, 4) is 5.75 Å². The van der Waals surface area contributed by atoms with E-state index in [1.54, 1.807) is 37.3 Å². The molecule has 2 aromatic carbocycles. The minimum atomic E-state index is -0.902. The van der Waals surface area contributed by atoms with Gasteiger partial charge in [-0.05, 0) is 36.8 Å². The van der Waals surface area contributed by atoms with Crippen LogP contribution in [-0.2, 0) is 9.53 Å². The molecule has 3 rings (SSSR count). The number of carbonyl (C=O) groups excluding carboxylic acids is 2. The van der Waals surface area contributed by atoms with E-state index in [9.17, 15) is 19.5 Å². The molecule has 0 radical (unpaired) electrons. The van der Waals surface area contributed by atoms with Gasteiger partial charge in [0.05, 0.1) is 6.61 Å². The normalized spacial score (nSPS) is 11.4. The first-order valence-electron chi connectivity index (χ1n) is 8.25. The molecule has 1 heterocycles. The highest BCUT2D eigenvalue weighted by Gasteiger charge is 2.25. The van der Waals surface area contributed by atoms with Gasteiger partial charge in [-0.1, -0.05) is 30.3 Å². The summed E-state index contributed by atoms with van der Waals surface area (Å²) in [5, 5.41) is 9.93. The summed E-state index contributed by atoms with van der Waals surface area (Å²) >= 11 is 0. The number of carbonyl (C=O) groups is 2. The van der Waals surface area contributed by atoms with Crippen LogP contribution in [0.1, 0.15) is 22.8 Å². The fourth-order valence-corrected chi connectivity index (χ4v) is 2.55. The van der Waals surface area contributed by atoms with Gasteiger partial charge in [0.1, 0.15) is 22.5 Å². The van der Waals surface area contributed by atoms with Gasteiger partial charge < -0.3 is 14.3 Å². The molecule has 0 amide bonds.